The summed E-state index contributed by atoms with van der Waals surface area (Å²) in [7, 11) is 0. The fourth-order valence-corrected chi connectivity index (χ4v) is 2.12. The second-order valence-electron chi connectivity index (χ2n) is 3.95. The molecule has 0 heterocycles. The van der Waals surface area contributed by atoms with Gasteiger partial charge < -0.3 is 15.9 Å². The molecule has 3 nitrogen and oxygen atoms in total. The van der Waals surface area contributed by atoms with Crippen LogP contribution in [0.25, 0.3) is 0 Å². The first-order valence-corrected chi connectivity index (χ1v) is 6.36. The Kier molecular flexibility index (Phi) is 7.63. The number of benzene rings is 1. The lowest BCUT2D eigenvalue weighted by atomic mass is 10.0. The van der Waals surface area contributed by atoms with Crippen LogP contribution in [0.2, 0.25) is 0 Å². The van der Waals surface area contributed by atoms with Gasteiger partial charge in [-0.1, -0.05) is 26.2 Å². The average molecular weight is 369 g/mol. The third-order valence-corrected chi connectivity index (χ3v) is 3.37. The van der Waals surface area contributed by atoms with Crippen LogP contribution >= 0.6 is 32.9 Å². The lowest BCUT2D eigenvalue weighted by Crippen LogP contribution is -1.93. The molecule has 0 atom stereocenters. The Bertz CT molecular complexity index is 370. The van der Waals surface area contributed by atoms with E-state index in [2.05, 4.69) is 22.9 Å². The van der Waals surface area contributed by atoms with E-state index < -0.39 is 0 Å². The summed E-state index contributed by atoms with van der Waals surface area (Å²) in [6.07, 6.45) is 5.35. The van der Waals surface area contributed by atoms with Crippen molar-refractivity contribution in [2.75, 3.05) is 5.73 Å². The zero-order valence-electron chi connectivity index (χ0n) is 9.87. The van der Waals surface area contributed by atoms with Gasteiger partial charge in [-0.2, -0.15) is 0 Å². The van der Waals surface area contributed by atoms with Crippen molar-refractivity contribution in [1.29, 1.82) is 0 Å². The molecule has 0 aliphatic carbocycles. The minimum Gasteiger partial charge on any atom is -0.506 e. The minimum absolute atomic E-state index is 0. The summed E-state index contributed by atoms with van der Waals surface area (Å²) in [5, 5.41) is 19.3. The lowest BCUT2D eigenvalue weighted by Gasteiger charge is -2.10. The first kappa shape index (κ1) is 16.6. The minimum atomic E-state index is -0.0881. The number of phenolic OH excluding ortho intramolecular Hbond substituents is 2. The molecular weight excluding hydrogens is 350 g/mol. The fraction of sp³-hybridized carbons (Fsp3) is 0.500. The number of aryl methyl sites for hydroxylation is 1. The van der Waals surface area contributed by atoms with Crippen LogP contribution in [0.5, 0.6) is 11.5 Å². The van der Waals surface area contributed by atoms with Crippen molar-refractivity contribution in [3.05, 3.63) is 16.1 Å². The van der Waals surface area contributed by atoms with Gasteiger partial charge in [0, 0.05) is 0 Å². The molecule has 1 aromatic rings. The topological polar surface area (TPSA) is 66.5 Å². The predicted molar refractivity (Wildman–Crippen MR) is 80.1 cm³/mol. The highest BCUT2D eigenvalue weighted by atomic mass is 79.9. The quantitative estimate of drug-likeness (QED) is 0.316. The molecule has 4 N–H and O–H groups in total. The van der Waals surface area contributed by atoms with Gasteiger partial charge in [0.1, 0.15) is 10.2 Å². The Labute approximate surface area is 121 Å². The van der Waals surface area contributed by atoms with E-state index in [1.54, 1.807) is 6.07 Å². The van der Waals surface area contributed by atoms with E-state index in [9.17, 15) is 10.2 Å². The maximum atomic E-state index is 9.80. The van der Waals surface area contributed by atoms with E-state index in [0.717, 1.165) is 24.8 Å². The number of hydrogen-bond acceptors (Lipinski definition) is 3. The molecule has 0 fully saturated rings. The molecule has 98 valence electrons. The summed E-state index contributed by atoms with van der Waals surface area (Å²) >= 11 is 3.12. The molecule has 0 aliphatic heterocycles. The number of hydrogen-bond donors (Lipinski definition) is 3. The highest BCUT2D eigenvalue weighted by Crippen LogP contribution is 2.40. The van der Waals surface area contributed by atoms with Crippen LogP contribution in [0.3, 0.4) is 0 Å². The third kappa shape index (κ3) is 4.39. The second kappa shape index (κ2) is 7.82. The maximum Gasteiger partial charge on any atom is 0.156 e. The number of aromatic hydroxyl groups is 2. The summed E-state index contributed by atoms with van der Waals surface area (Å²) in [5.41, 5.74) is 6.72. The zero-order valence-corrected chi connectivity index (χ0v) is 13.2. The molecule has 0 saturated heterocycles. The van der Waals surface area contributed by atoms with E-state index in [1.807, 2.05) is 0 Å². The molecule has 0 aromatic heterocycles. The van der Waals surface area contributed by atoms with Crippen LogP contribution in [0.15, 0.2) is 10.5 Å². The number of phenols is 2. The molecule has 0 saturated carbocycles. The summed E-state index contributed by atoms with van der Waals surface area (Å²) < 4.78 is 0.290. The molecular formula is C12H19Br2NO2. The molecule has 0 bridgehead atoms. The summed E-state index contributed by atoms with van der Waals surface area (Å²) in [5.74, 6) is 0.0120. The van der Waals surface area contributed by atoms with Crippen molar-refractivity contribution in [1.82, 2.24) is 0 Å². The van der Waals surface area contributed by atoms with E-state index in [0.29, 0.717) is 5.69 Å². The van der Waals surface area contributed by atoms with Crippen LogP contribution in [-0.4, -0.2) is 10.2 Å². The van der Waals surface area contributed by atoms with Crippen LogP contribution in [0.4, 0.5) is 5.69 Å². The molecule has 5 heteroatoms. The van der Waals surface area contributed by atoms with Crippen LogP contribution < -0.4 is 5.73 Å². The number of anilines is 1. The third-order valence-electron chi connectivity index (χ3n) is 2.62. The number of halogens is 2. The highest BCUT2D eigenvalue weighted by molar-refractivity contribution is 9.10. The fourth-order valence-electron chi connectivity index (χ4n) is 1.64. The van der Waals surface area contributed by atoms with Crippen molar-refractivity contribution in [2.45, 2.75) is 39.0 Å². The van der Waals surface area contributed by atoms with Crippen LogP contribution in [-0.2, 0) is 6.42 Å². The molecule has 0 spiro atoms. The zero-order chi connectivity index (χ0) is 12.1. The number of nitrogen functional groups attached to an aromatic ring is 1. The Morgan fingerprint density at radius 1 is 1.18 bits per heavy atom. The van der Waals surface area contributed by atoms with Gasteiger partial charge in [-0.3, -0.25) is 0 Å². The van der Waals surface area contributed by atoms with E-state index >= 15 is 0 Å². The summed E-state index contributed by atoms with van der Waals surface area (Å²) in [4.78, 5) is 0. The first-order chi connectivity index (χ1) is 7.57. The van der Waals surface area contributed by atoms with Gasteiger partial charge in [0.25, 0.3) is 0 Å². The molecule has 17 heavy (non-hydrogen) atoms. The van der Waals surface area contributed by atoms with Crippen LogP contribution in [0.1, 0.15) is 38.2 Å². The van der Waals surface area contributed by atoms with E-state index in [-0.39, 0.29) is 33.0 Å². The van der Waals surface area contributed by atoms with Gasteiger partial charge in [-0.05, 0) is 40.4 Å². The summed E-state index contributed by atoms with van der Waals surface area (Å²) in [6, 6.07) is 1.64. The average Bonchev–Trinajstić information content (AvgIpc) is 2.28. The van der Waals surface area contributed by atoms with Gasteiger partial charge in [-0.25, -0.2) is 0 Å². The Morgan fingerprint density at radius 2 is 1.82 bits per heavy atom. The number of unbranched alkanes of at least 4 members (excludes halogenated alkanes) is 3. The Balaban J connectivity index is 0.00000256. The van der Waals surface area contributed by atoms with Crippen molar-refractivity contribution in [3.63, 3.8) is 0 Å². The van der Waals surface area contributed by atoms with Crippen molar-refractivity contribution >= 4 is 38.6 Å². The molecule has 0 radical (unpaired) electrons. The number of nitrogens with two attached hydrogens (primary N) is 1. The van der Waals surface area contributed by atoms with E-state index in [1.165, 1.54) is 12.8 Å². The molecule has 1 aromatic carbocycles. The van der Waals surface area contributed by atoms with Gasteiger partial charge >= 0.3 is 0 Å². The Hall–Kier alpha value is -0.420. The molecule has 0 unspecified atom stereocenters. The summed E-state index contributed by atoms with van der Waals surface area (Å²) in [6.45, 7) is 2.16. The molecule has 1 rings (SSSR count). The molecule has 0 amide bonds. The van der Waals surface area contributed by atoms with Crippen molar-refractivity contribution in [2.24, 2.45) is 0 Å². The highest BCUT2D eigenvalue weighted by Gasteiger charge is 2.13. The van der Waals surface area contributed by atoms with Gasteiger partial charge in [0.15, 0.2) is 5.75 Å². The predicted octanol–water partition coefficient (Wildman–Crippen LogP) is 4.14. The standard InChI is InChI=1S/C12H18BrNO2.BrH/c1-2-3-4-5-6-8-7-9(14)12(16)10(13)11(8)15;/h7,15-16H,2-6,14H2,1H3;1H. The molecule has 0 aliphatic rings. The SMILES string of the molecule is Br.CCCCCCc1cc(N)c(O)c(Br)c1O. The van der Waals surface area contributed by atoms with Crippen molar-refractivity contribution in [3.8, 4) is 11.5 Å². The van der Waals surface area contributed by atoms with Gasteiger partial charge in [-0.15, -0.1) is 17.0 Å². The largest absolute Gasteiger partial charge is 0.506 e. The number of rotatable bonds is 5. The van der Waals surface area contributed by atoms with Gasteiger partial charge in [0.05, 0.1) is 5.69 Å². The lowest BCUT2D eigenvalue weighted by molar-refractivity contribution is 0.440. The van der Waals surface area contributed by atoms with Crippen LogP contribution in [0, 0.1) is 0 Å². The Morgan fingerprint density at radius 3 is 2.41 bits per heavy atom. The monoisotopic (exact) mass is 367 g/mol. The van der Waals surface area contributed by atoms with Gasteiger partial charge in [0.2, 0.25) is 0 Å². The van der Waals surface area contributed by atoms with Crippen molar-refractivity contribution < 1.29 is 10.2 Å². The first-order valence-electron chi connectivity index (χ1n) is 5.56. The normalized spacial score (nSPS) is 10.0. The second-order valence-corrected chi connectivity index (χ2v) is 4.74. The maximum absolute atomic E-state index is 9.80. The van der Waals surface area contributed by atoms with E-state index in [4.69, 9.17) is 5.73 Å². The smallest absolute Gasteiger partial charge is 0.156 e.